The van der Waals surface area contributed by atoms with Crippen LogP contribution in [0.2, 0.25) is 0 Å². The van der Waals surface area contributed by atoms with Crippen molar-refractivity contribution in [2.24, 2.45) is 0 Å². The summed E-state index contributed by atoms with van der Waals surface area (Å²) < 4.78 is 1.85. The minimum atomic E-state index is -0.105. The molecule has 4 aromatic rings. The molecule has 1 aromatic carbocycles. The molecule has 0 bridgehead atoms. The topological polar surface area (TPSA) is 115 Å². The van der Waals surface area contributed by atoms with Crippen molar-refractivity contribution in [1.29, 1.82) is 0 Å². The number of nitrogens with two attached hydrogens (primary N) is 1. The second-order valence-corrected chi connectivity index (χ2v) is 7.09. The molecule has 0 atom stereocenters. The number of carbonyl (C=O) groups is 1. The van der Waals surface area contributed by atoms with Gasteiger partial charge in [0.05, 0.1) is 5.39 Å². The Hall–Kier alpha value is -3.42. The molecule has 0 unspecified atom stereocenters. The zero-order valence-electron chi connectivity index (χ0n) is 16.2. The third kappa shape index (κ3) is 2.96. The van der Waals surface area contributed by atoms with Crippen LogP contribution >= 0.6 is 0 Å². The molecule has 0 aliphatic rings. The lowest BCUT2D eigenvalue weighted by Gasteiger charge is -2.05. The van der Waals surface area contributed by atoms with Gasteiger partial charge in [0.25, 0.3) is 5.91 Å². The van der Waals surface area contributed by atoms with Gasteiger partial charge in [-0.15, -0.1) is 0 Å². The molecule has 0 fully saturated rings. The molecule has 28 heavy (non-hydrogen) atoms. The van der Waals surface area contributed by atoms with Gasteiger partial charge >= 0.3 is 0 Å². The fraction of sp³-hybridized carbons (Fsp3) is 0.300. The van der Waals surface area contributed by atoms with Gasteiger partial charge in [-0.2, -0.15) is 5.10 Å². The zero-order chi connectivity index (χ0) is 19.8. The molecule has 3 aromatic heterocycles. The Morgan fingerprint density at radius 3 is 2.86 bits per heavy atom. The van der Waals surface area contributed by atoms with Crippen molar-refractivity contribution in [2.45, 2.75) is 33.2 Å². The van der Waals surface area contributed by atoms with Crippen molar-refractivity contribution in [3.05, 3.63) is 36.3 Å². The number of aromatic nitrogens is 5. The fourth-order valence-corrected chi connectivity index (χ4v) is 3.29. The second kappa shape index (κ2) is 6.95. The van der Waals surface area contributed by atoms with Crippen LogP contribution in [-0.2, 0) is 0 Å². The minimum absolute atomic E-state index is 0.105. The number of nitrogen functional groups attached to an aromatic ring is 1. The van der Waals surface area contributed by atoms with E-state index in [9.17, 15) is 4.79 Å². The number of fused-ring (bicyclic) bond motifs is 2. The molecule has 8 nitrogen and oxygen atoms in total. The molecule has 4 N–H and O–H groups in total. The van der Waals surface area contributed by atoms with Crippen LogP contribution in [0.3, 0.4) is 0 Å². The summed E-state index contributed by atoms with van der Waals surface area (Å²) in [5.41, 5.74) is 9.88. The third-order valence-corrected chi connectivity index (χ3v) is 4.68. The van der Waals surface area contributed by atoms with E-state index in [0.717, 1.165) is 34.0 Å². The van der Waals surface area contributed by atoms with Crippen molar-refractivity contribution in [3.63, 3.8) is 0 Å². The third-order valence-electron chi connectivity index (χ3n) is 4.68. The van der Waals surface area contributed by atoms with E-state index in [1.165, 1.54) is 6.33 Å². The predicted octanol–water partition coefficient (Wildman–Crippen LogP) is 3.28. The summed E-state index contributed by atoms with van der Waals surface area (Å²) in [6, 6.07) is 7.91. The standard InChI is InChI=1S/C20H23N7O/c1-4-7-22-20(28)15-8-12-5-6-13(9-14(12)25-15)17-16-18(21)23-10-24-19(16)27(26-17)11(2)3/h5-6,8-11,25H,4,7H2,1-3H3,(H,22,28)(H2,21,23,24). The number of H-pyrrole nitrogens is 1. The lowest BCUT2D eigenvalue weighted by molar-refractivity contribution is 0.0949. The van der Waals surface area contributed by atoms with Crippen molar-refractivity contribution < 1.29 is 4.79 Å². The van der Waals surface area contributed by atoms with Gasteiger partial charge in [0.2, 0.25) is 0 Å². The van der Waals surface area contributed by atoms with Crippen molar-refractivity contribution in [1.82, 2.24) is 30.0 Å². The van der Waals surface area contributed by atoms with Gasteiger partial charge in [-0.25, -0.2) is 14.6 Å². The van der Waals surface area contributed by atoms with Crippen LogP contribution in [0.25, 0.3) is 33.2 Å². The average molecular weight is 377 g/mol. The van der Waals surface area contributed by atoms with Crippen LogP contribution in [0.4, 0.5) is 5.82 Å². The number of hydrogen-bond acceptors (Lipinski definition) is 5. The Balaban J connectivity index is 1.83. The molecule has 4 rings (SSSR count). The summed E-state index contributed by atoms with van der Waals surface area (Å²) in [6.45, 7) is 6.76. The number of carbonyl (C=O) groups excluding carboxylic acids is 1. The Morgan fingerprint density at radius 1 is 1.29 bits per heavy atom. The summed E-state index contributed by atoms with van der Waals surface area (Å²) in [5, 5.41) is 9.33. The lowest BCUT2D eigenvalue weighted by atomic mass is 10.1. The van der Waals surface area contributed by atoms with Crippen LogP contribution in [0.5, 0.6) is 0 Å². The second-order valence-electron chi connectivity index (χ2n) is 7.09. The van der Waals surface area contributed by atoms with E-state index < -0.39 is 0 Å². The van der Waals surface area contributed by atoms with Gasteiger partial charge < -0.3 is 16.0 Å². The van der Waals surface area contributed by atoms with E-state index >= 15 is 0 Å². The van der Waals surface area contributed by atoms with E-state index in [0.29, 0.717) is 23.7 Å². The number of benzene rings is 1. The molecular weight excluding hydrogens is 354 g/mol. The highest BCUT2D eigenvalue weighted by atomic mass is 16.1. The number of anilines is 1. The quantitative estimate of drug-likeness (QED) is 0.494. The average Bonchev–Trinajstić information content (AvgIpc) is 3.28. The highest BCUT2D eigenvalue weighted by Crippen LogP contribution is 2.33. The maximum Gasteiger partial charge on any atom is 0.267 e. The first-order valence-electron chi connectivity index (χ1n) is 9.39. The predicted molar refractivity (Wildman–Crippen MR) is 110 cm³/mol. The van der Waals surface area contributed by atoms with Gasteiger partial charge in [-0.3, -0.25) is 4.79 Å². The largest absolute Gasteiger partial charge is 0.383 e. The zero-order valence-corrected chi connectivity index (χ0v) is 16.2. The van der Waals surface area contributed by atoms with Crippen LogP contribution in [0, 0.1) is 0 Å². The summed E-state index contributed by atoms with van der Waals surface area (Å²) in [6.07, 6.45) is 2.35. The molecule has 0 saturated heterocycles. The van der Waals surface area contributed by atoms with Crippen LogP contribution in [0.1, 0.15) is 43.7 Å². The molecule has 0 radical (unpaired) electrons. The van der Waals surface area contributed by atoms with Crippen molar-refractivity contribution >= 4 is 33.7 Å². The van der Waals surface area contributed by atoms with E-state index in [-0.39, 0.29) is 11.9 Å². The molecule has 1 amide bonds. The first-order valence-corrected chi connectivity index (χ1v) is 9.39. The van der Waals surface area contributed by atoms with E-state index in [1.54, 1.807) is 0 Å². The molecular formula is C20H23N7O. The first kappa shape index (κ1) is 18.0. The van der Waals surface area contributed by atoms with Gasteiger partial charge in [-0.05, 0) is 32.4 Å². The number of nitrogens with zero attached hydrogens (tertiary/aromatic N) is 4. The monoisotopic (exact) mass is 377 g/mol. The highest BCUT2D eigenvalue weighted by Gasteiger charge is 2.19. The number of aromatic amines is 1. The van der Waals surface area contributed by atoms with E-state index in [1.807, 2.05) is 49.7 Å². The van der Waals surface area contributed by atoms with E-state index in [2.05, 4.69) is 20.3 Å². The normalized spacial score (nSPS) is 11.6. The van der Waals surface area contributed by atoms with Crippen LogP contribution in [-0.4, -0.2) is 37.2 Å². The molecule has 0 aliphatic carbocycles. The SMILES string of the molecule is CCCNC(=O)c1cc2ccc(-c3nn(C(C)C)c4ncnc(N)c34)cc2[nH]1. The number of rotatable bonds is 5. The lowest BCUT2D eigenvalue weighted by Crippen LogP contribution is -2.24. The van der Waals surface area contributed by atoms with E-state index in [4.69, 9.17) is 10.8 Å². The molecule has 0 aliphatic heterocycles. The fourth-order valence-electron chi connectivity index (χ4n) is 3.29. The Kier molecular flexibility index (Phi) is 4.46. The van der Waals surface area contributed by atoms with Crippen molar-refractivity contribution in [3.8, 4) is 11.3 Å². The Labute approximate surface area is 162 Å². The number of nitrogens with one attached hydrogen (secondary N) is 2. The van der Waals surface area contributed by atoms with Gasteiger partial charge in [-0.1, -0.05) is 19.1 Å². The molecule has 0 spiro atoms. The maximum atomic E-state index is 12.2. The Bertz CT molecular complexity index is 1170. The van der Waals surface area contributed by atoms with Crippen LogP contribution < -0.4 is 11.1 Å². The molecule has 0 saturated carbocycles. The summed E-state index contributed by atoms with van der Waals surface area (Å²) in [5.74, 6) is 0.296. The van der Waals surface area contributed by atoms with Gasteiger partial charge in [0.15, 0.2) is 5.65 Å². The van der Waals surface area contributed by atoms with Crippen molar-refractivity contribution in [2.75, 3.05) is 12.3 Å². The van der Waals surface area contributed by atoms with Gasteiger partial charge in [0, 0.05) is 29.1 Å². The Morgan fingerprint density at radius 2 is 2.11 bits per heavy atom. The smallest absolute Gasteiger partial charge is 0.267 e. The summed E-state index contributed by atoms with van der Waals surface area (Å²) >= 11 is 0. The minimum Gasteiger partial charge on any atom is -0.383 e. The summed E-state index contributed by atoms with van der Waals surface area (Å²) in [4.78, 5) is 23.9. The molecule has 3 heterocycles. The van der Waals surface area contributed by atoms with Crippen LogP contribution in [0.15, 0.2) is 30.6 Å². The van der Waals surface area contributed by atoms with Gasteiger partial charge in [0.1, 0.15) is 23.5 Å². The first-order chi connectivity index (χ1) is 13.5. The summed E-state index contributed by atoms with van der Waals surface area (Å²) in [7, 11) is 0. The molecule has 8 heteroatoms. The number of amides is 1. The number of hydrogen-bond donors (Lipinski definition) is 3. The highest BCUT2D eigenvalue weighted by molar-refractivity contribution is 6.02. The maximum absolute atomic E-state index is 12.2. The molecule has 144 valence electrons.